The van der Waals surface area contributed by atoms with Gasteiger partial charge in [0, 0.05) is 44.1 Å². The summed E-state index contributed by atoms with van der Waals surface area (Å²) in [6.07, 6.45) is 7.73. The molecule has 4 aromatic rings. The maximum atomic E-state index is 13.7. The van der Waals surface area contributed by atoms with E-state index in [4.69, 9.17) is 28.0 Å². The Bertz CT molecular complexity index is 2150. The molecule has 0 radical (unpaired) electrons. The summed E-state index contributed by atoms with van der Waals surface area (Å²) in [6, 6.07) is 28.3. The van der Waals surface area contributed by atoms with E-state index in [2.05, 4.69) is 72.8 Å². The fourth-order valence-corrected chi connectivity index (χ4v) is 11.3. The van der Waals surface area contributed by atoms with Gasteiger partial charge in [0.15, 0.2) is 0 Å². The van der Waals surface area contributed by atoms with Crippen LogP contribution in [0.25, 0.3) is 0 Å². The Morgan fingerprint density at radius 2 is 1.53 bits per heavy atom. The molecule has 370 valence electrons. The number of methoxy groups -OCH3 is 2. The summed E-state index contributed by atoms with van der Waals surface area (Å²) in [5.41, 5.74) is 1.10. The molecule has 4 atom stereocenters. The van der Waals surface area contributed by atoms with E-state index in [1.807, 2.05) is 78.5 Å². The van der Waals surface area contributed by atoms with Crippen molar-refractivity contribution in [1.82, 2.24) is 19.2 Å². The number of carbonyl (C=O) groups is 1. The van der Waals surface area contributed by atoms with Gasteiger partial charge in [-0.1, -0.05) is 93.6 Å². The number of aryl methyl sites for hydroxylation is 1. The van der Waals surface area contributed by atoms with Gasteiger partial charge in [-0.25, -0.2) is 9.46 Å². The number of rotatable bonds is 30. The van der Waals surface area contributed by atoms with E-state index in [9.17, 15) is 14.9 Å². The second-order valence-electron chi connectivity index (χ2n) is 17.5. The van der Waals surface area contributed by atoms with Gasteiger partial charge >= 0.3 is 5.69 Å². The summed E-state index contributed by atoms with van der Waals surface area (Å²) in [5, 5.41) is 12.1. The third-order valence-corrected chi connectivity index (χ3v) is 15.1. The number of amides is 1. The number of nitriles is 1. The van der Waals surface area contributed by atoms with Crippen molar-refractivity contribution in [2.45, 2.75) is 148 Å². The number of hydrogen-bond donors (Lipinski definition) is 1. The summed E-state index contributed by atoms with van der Waals surface area (Å²) in [5.74, 6) is 3.49. The van der Waals surface area contributed by atoms with Gasteiger partial charge in [-0.05, 0) is 87.2 Å². The van der Waals surface area contributed by atoms with E-state index in [1.165, 1.54) is 39.0 Å². The molecule has 16 heteroatoms. The molecule has 1 unspecified atom stereocenters. The normalized spacial score (nSPS) is 16.6. The molecule has 1 aliphatic heterocycles. The molecule has 1 aliphatic rings. The molecule has 3 aromatic carbocycles. The van der Waals surface area contributed by atoms with E-state index in [1.54, 1.807) is 18.8 Å². The van der Waals surface area contributed by atoms with Gasteiger partial charge in [-0.15, -0.1) is 0 Å². The summed E-state index contributed by atoms with van der Waals surface area (Å²) in [7, 11) is 1.66. The zero-order valence-electron chi connectivity index (χ0n) is 41.4. The Morgan fingerprint density at radius 3 is 2.12 bits per heavy atom. The van der Waals surface area contributed by atoms with Crippen LogP contribution in [0.15, 0.2) is 83.7 Å². The van der Waals surface area contributed by atoms with Crippen LogP contribution in [-0.2, 0) is 41.9 Å². The van der Waals surface area contributed by atoms with E-state index < -0.39 is 32.0 Å². The molecular weight excluding hydrogens is 900 g/mol. The minimum atomic E-state index is -1.64. The minimum absolute atomic E-state index is 0.0118. The van der Waals surface area contributed by atoms with Crippen molar-refractivity contribution in [3.63, 3.8) is 0 Å². The lowest BCUT2D eigenvalue weighted by Crippen LogP contribution is -2.39. The smallest absolute Gasteiger partial charge is 0.352 e. The molecular formula is C52H73N6O8PS. The van der Waals surface area contributed by atoms with Crippen molar-refractivity contribution < 1.29 is 32.8 Å². The number of aromatic nitrogens is 3. The third kappa shape index (κ3) is 15.6. The topological polar surface area (TPSA) is 159 Å². The largest absolute Gasteiger partial charge is 0.497 e. The average Bonchev–Trinajstić information content (AvgIpc) is 3.71. The SMILES string of the molecule is CCCCCCCCSCCc1nc(NC(C)=O)nc(=O)n1CC[C@H]1C[C@H](OP(OCCC#N)N(C(C)C)C(C)C)[C@@H](COC(c2ccccc2)(c2ccc(OC)cc2)c2ccc(OC)cc2)O1. The summed E-state index contributed by atoms with van der Waals surface area (Å²) >= 11 is 1.85. The number of nitrogens with one attached hydrogen (secondary N) is 1. The Morgan fingerprint density at radius 1 is 0.912 bits per heavy atom. The number of anilines is 1. The van der Waals surface area contributed by atoms with Crippen molar-refractivity contribution in [1.29, 1.82) is 5.26 Å². The number of thioether (sulfide) groups is 1. The van der Waals surface area contributed by atoms with E-state index in [0.29, 0.717) is 31.6 Å². The molecule has 5 rings (SSSR count). The molecule has 0 spiro atoms. The molecule has 1 saturated heterocycles. The van der Waals surface area contributed by atoms with Crippen LogP contribution in [0.3, 0.4) is 0 Å². The minimum Gasteiger partial charge on any atom is -0.497 e. The van der Waals surface area contributed by atoms with Gasteiger partial charge in [0.1, 0.15) is 29.0 Å². The molecule has 1 N–H and O–H groups in total. The Labute approximate surface area is 409 Å². The van der Waals surface area contributed by atoms with Crippen LogP contribution in [0.4, 0.5) is 5.95 Å². The fraction of sp³-hybridized carbons (Fsp3) is 0.558. The number of hydrogen-bond acceptors (Lipinski definition) is 13. The number of ether oxygens (including phenoxy) is 4. The van der Waals surface area contributed by atoms with Gasteiger partial charge in [-0.3, -0.25) is 14.7 Å². The highest BCUT2D eigenvalue weighted by atomic mass is 32.2. The van der Waals surface area contributed by atoms with Crippen LogP contribution in [0.1, 0.15) is 122 Å². The maximum Gasteiger partial charge on any atom is 0.352 e. The molecule has 0 saturated carbocycles. The summed E-state index contributed by atoms with van der Waals surface area (Å²) < 4.78 is 42.9. The second-order valence-corrected chi connectivity index (χ2v) is 20.2. The quantitative estimate of drug-likeness (QED) is 0.0299. The molecule has 0 bridgehead atoms. The first kappa shape index (κ1) is 54.5. The Balaban J connectivity index is 1.48. The maximum absolute atomic E-state index is 13.7. The highest BCUT2D eigenvalue weighted by Gasteiger charge is 2.44. The molecule has 14 nitrogen and oxygen atoms in total. The van der Waals surface area contributed by atoms with Crippen molar-refractivity contribution in [3.8, 4) is 17.6 Å². The Kier molecular flexibility index (Phi) is 22.7. The predicted molar refractivity (Wildman–Crippen MR) is 271 cm³/mol. The molecule has 1 amide bonds. The van der Waals surface area contributed by atoms with Crippen molar-refractivity contribution in [2.24, 2.45) is 0 Å². The molecule has 2 heterocycles. The highest BCUT2D eigenvalue weighted by molar-refractivity contribution is 7.99. The average molecular weight is 973 g/mol. The van der Waals surface area contributed by atoms with Gasteiger partial charge in [0.05, 0.1) is 52.1 Å². The van der Waals surface area contributed by atoms with Crippen LogP contribution in [0.5, 0.6) is 11.5 Å². The first-order chi connectivity index (χ1) is 32.9. The lowest BCUT2D eigenvalue weighted by Gasteiger charge is -2.39. The lowest BCUT2D eigenvalue weighted by atomic mass is 9.80. The summed E-state index contributed by atoms with van der Waals surface area (Å²) in [4.78, 5) is 34.5. The first-order valence-electron chi connectivity index (χ1n) is 24.2. The van der Waals surface area contributed by atoms with Crippen LogP contribution < -0.4 is 20.5 Å². The monoisotopic (exact) mass is 972 g/mol. The number of carbonyl (C=O) groups excluding carboxylic acids is 1. The highest BCUT2D eigenvalue weighted by Crippen LogP contribution is 2.50. The zero-order valence-corrected chi connectivity index (χ0v) is 43.1. The van der Waals surface area contributed by atoms with E-state index in [-0.39, 0.29) is 49.7 Å². The number of nitrogens with zero attached hydrogens (tertiary/aromatic N) is 5. The van der Waals surface area contributed by atoms with Gasteiger partial charge in [0.25, 0.3) is 8.53 Å². The zero-order chi connectivity index (χ0) is 48.9. The number of benzene rings is 3. The van der Waals surface area contributed by atoms with E-state index in [0.717, 1.165) is 46.1 Å². The van der Waals surface area contributed by atoms with Crippen molar-refractivity contribution in [2.75, 3.05) is 44.3 Å². The predicted octanol–water partition coefficient (Wildman–Crippen LogP) is 10.5. The molecule has 68 heavy (non-hydrogen) atoms. The van der Waals surface area contributed by atoms with Crippen LogP contribution in [-0.4, -0.2) is 94.4 Å². The third-order valence-electron chi connectivity index (χ3n) is 11.9. The second kappa shape index (κ2) is 28.3. The van der Waals surface area contributed by atoms with Gasteiger partial charge in [0.2, 0.25) is 11.9 Å². The van der Waals surface area contributed by atoms with Crippen LogP contribution in [0.2, 0.25) is 0 Å². The number of unbranched alkanes of at least 4 members (excludes halogenated alkanes) is 5. The molecule has 0 aliphatic carbocycles. The van der Waals surface area contributed by atoms with Crippen LogP contribution in [0, 0.1) is 11.3 Å². The fourth-order valence-electron chi connectivity index (χ4n) is 8.56. The van der Waals surface area contributed by atoms with Crippen molar-refractivity contribution >= 4 is 32.1 Å². The first-order valence-corrected chi connectivity index (χ1v) is 26.4. The van der Waals surface area contributed by atoms with Gasteiger partial charge < -0.3 is 28.0 Å². The van der Waals surface area contributed by atoms with Crippen molar-refractivity contribution in [3.05, 3.63) is 112 Å². The van der Waals surface area contributed by atoms with Gasteiger partial charge in [-0.2, -0.15) is 27.0 Å². The summed E-state index contributed by atoms with van der Waals surface area (Å²) in [6.45, 7) is 12.7. The van der Waals surface area contributed by atoms with E-state index >= 15 is 0 Å². The molecule has 1 fully saturated rings. The lowest BCUT2D eigenvalue weighted by molar-refractivity contribution is -0.114. The molecule has 1 aromatic heterocycles. The van der Waals surface area contributed by atoms with Crippen LogP contribution >= 0.6 is 20.3 Å². The standard InChI is InChI=1S/C52H73N6O8PS/c1-9-10-11-12-13-17-34-68-35-30-49-55-50(54-40(6)59)56-51(60)57(49)32-29-46-36-47(66-67(64-33-18-31-53)58(38(2)3)39(4)5)48(65-46)37-63-52(41-19-15-14-16-20-41,42-21-25-44(61-7)26-22-42)43-23-27-45(62-8)28-24-43/h14-16,19-28,38-39,46-48H,9-13,17-18,29-30,32-37H2,1-8H3,(H,54,56,59,60)/t46-,47-,48+,67?/m0/s1. The Hall–Kier alpha value is -4.39.